The Bertz CT molecular complexity index is 1130. The van der Waals surface area contributed by atoms with Crippen LogP contribution in [-0.4, -0.2) is 40.5 Å². The molecular formula is C19H18N6O5. The number of nitrogens with zero attached hydrogens (tertiary/aromatic N) is 4. The van der Waals surface area contributed by atoms with Crippen molar-refractivity contribution >= 4 is 17.9 Å². The summed E-state index contributed by atoms with van der Waals surface area (Å²) in [6.45, 7) is 0. The summed E-state index contributed by atoms with van der Waals surface area (Å²) in [5.41, 5.74) is 3.81. The maximum absolute atomic E-state index is 12.3. The van der Waals surface area contributed by atoms with E-state index in [-0.39, 0.29) is 23.8 Å². The van der Waals surface area contributed by atoms with Crippen molar-refractivity contribution in [3.8, 4) is 11.5 Å². The minimum atomic E-state index is -0.483. The Balaban J connectivity index is 1.66. The van der Waals surface area contributed by atoms with Gasteiger partial charge in [-0.3, -0.25) is 19.9 Å². The van der Waals surface area contributed by atoms with E-state index in [0.29, 0.717) is 17.1 Å². The number of aromatic nitrogens is 3. The van der Waals surface area contributed by atoms with Crippen molar-refractivity contribution in [2.24, 2.45) is 5.10 Å². The average Bonchev–Trinajstić information content (AvgIpc) is 2.75. The molecule has 2 N–H and O–H groups in total. The third-order valence-electron chi connectivity index (χ3n) is 4.07. The Morgan fingerprint density at radius 1 is 1.13 bits per heavy atom. The van der Waals surface area contributed by atoms with Gasteiger partial charge in [0.05, 0.1) is 25.4 Å². The van der Waals surface area contributed by atoms with Gasteiger partial charge in [0.25, 0.3) is 11.2 Å². The Morgan fingerprint density at radius 2 is 1.87 bits per heavy atom. The summed E-state index contributed by atoms with van der Waals surface area (Å²) in [7, 11) is 3.08. The van der Waals surface area contributed by atoms with Crippen LogP contribution in [0, 0.1) is 10.1 Å². The van der Waals surface area contributed by atoms with E-state index in [1.54, 1.807) is 31.4 Å². The number of non-ortho nitro benzene ring substituents is 1. The van der Waals surface area contributed by atoms with E-state index in [1.807, 2.05) is 6.07 Å². The number of hydrogen-bond donors (Lipinski definition) is 2. The van der Waals surface area contributed by atoms with Gasteiger partial charge in [-0.05, 0) is 35.4 Å². The van der Waals surface area contributed by atoms with Crippen molar-refractivity contribution in [2.45, 2.75) is 6.42 Å². The van der Waals surface area contributed by atoms with Crippen LogP contribution in [-0.2, 0) is 6.42 Å². The number of benzene rings is 2. The Hall–Kier alpha value is -4.28. The smallest absolute Gasteiger partial charge is 0.274 e. The summed E-state index contributed by atoms with van der Waals surface area (Å²) in [5.74, 6) is 1.21. The molecule has 2 aromatic carbocycles. The van der Waals surface area contributed by atoms with Crippen LogP contribution in [0.3, 0.4) is 0 Å². The van der Waals surface area contributed by atoms with Crippen LogP contribution < -0.4 is 20.5 Å². The van der Waals surface area contributed by atoms with Crippen LogP contribution in [0.25, 0.3) is 0 Å². The number of rotatable bonds is 8. The highest BCUT2D eigenvalue weighted by atomic mass is 16.6. The number of H-pyrrole nitrogens is 1. The fourth-order valence-electron chi connectivity index (χ4n) is 2.56. The molecule has 0 atom stereocenters. The molecule has 0 bridgehead atoms. The number of hydrazone groups is 1. The summed E-state index contributed by atoms with van der Waals surface area (Å²) in [6, 6.07) is 11.1. The molecule has 0 saturated heterocycles. The fourth-order valence-corrected chi connectivity index (χ4v) is 2.56. The third-order valence-corrected chi connectivity index (χ3v) is 4.07. The van der Waals surface area contributed by atoms with E-state index in [9.17, 15) is 14.9 Å². The minimum absolute atomic E-state index is 0.0135. The van der Waals surface area contributed by atoms with Crippen molar-refractivity contribution in [2.75, 3.05) is 19.6 Å². The monoisotopic (exact) mass is 410 g/mol. The molecule has 1 aromatic heterocycles. The van der Waals surface area contributed by atoms with Crippen LogP contribution >= 0.6 is 0 Å². The zero-order valence-corrected chi connectivity index (χ0v) is 16.2. The first-order valence-corrected chi connectivity index (χ1v) is 8.70. The summed E-state index contributed by atoms with van der Waals surface area (Å²) in [6.07, 6.45) is 1.69. The summed E-state index contributed by atoms with van der Waals surface area (Å²) < 4.78 is 10.5. The van der Waals surface area contributed by atoms with Gasteiger partial charge in [0, 0.05) is 18.6 Å². The SMILES string of the molecule is COc1ccc(Cc2nnc(NN=Cc3ccc([N+](=O)[O-])cc3)[nH]c2=O)cc1OC. The molecule has 0 aliphatic carbocycles. The molecule has 11 nitrogen and oxygen atoms in total. The predicted octanol–water partition coefficient (Wildman–Crippen LogP) is 2.13. The first-order valence-electron chi connectivity index (χ1n) is 8.70. The van der Waals surface area contributed by atoms with E-state index in [0.717, 1.165) is 5.56 Å². The lowest BCUT2D eigenvalue weighted by atomic mass is 10.1. The van der Waals surface area contributed by atoms with Gasteiger partial charge in [0.15, 0.2) is 11.5 Å². The van der Waals surface area contributed by atoms with Crippen molar-refractivity contribution in [1.29, 1.82) is 0 Å². The van der Waals surface area contributed by atoms with E-state index < -0.39 is 10.5 Å². The van der Waals surface area contributed by atoms with Crippen LogP contribution in [0.15, 0.2) is 52.4 Å². The van der Waals surface area contributed by atoms with Crippen LogP contribution in [0.1, 0.15) is 16.8 Å². The number of nitrogens with one attached hydrogen (secondary N) is 2. The number of methoxy groups -OCH3 is 2. The van der Waals surface area contributed by atoms with Crippen LogP contribution in [0.2, 0.25) is 0 Å². The zero-order valence-electron chi connectivity index (χ0n) is 16.2. The molecule has 0 aliphatic heterocycles. The second-order valence-electron chi connectivity index (χ2n) is 6.03. The van der Waals surface area contributed by atoms with Crippen LogP contribution in [0.4, 0.5) is 11.6 Å². The van der Waals surface area contributed by atoms with Gasteiger partial charge >= 0.3 is 0 Å². The van der Waals surface area contributed by atoms with E-state index in [2.05, 4.69) is 25.7 Å². The number of nitro groups is 1. The minimum Gasteiger partial charge on any atom is -0.493 e. The summed E-state index contributed by atoms with van der Waals surface area (Å²) in [5, 5.41) is 22.4. The largest absolute Gasteiger partial charge is 0.493 e. The van der Waals surface area contributed by atoms with Gasteiger partial charge in [-0.1, -0.05) is 6.07 Å². The highest BCUT2D eigenvalue weighted by Gasteiger charge is 2.09. The quantitative estimate of drug-likeness (QED) is 0.326. The normalized spacial score (nSPS) is 10.7. The molecule has 0 radical (unpaired) electrons. The first-order chi connectivity index (χ1) is 14.5. The predicted molar refractivity (Wildman–Crippen MR) is 109 cm³/mol. The molecule has 0 saturated carbocycles. The lowest BCUT2D eigenvalue weighted by molar-refractivity contribution is -0.384. The first kappa shape index (κ1) is 20.5. The maximum atomic E-state index is 12.3. The second kappa shape index (κ2) is 9.28. The molecule has 1 heterocycles. The zero-order chi connectivity index (χ0) is 21.5. The van der Waals surface area contributed by atoms with Crippen molar-refractivity contribution in [3.63, 3.8) is 0 Å². The number of hydrogen-bond acceptors (Lipinski definition) is 9. The molecule has 0 aliphatic rings. The van der Waals surface area contributed by atoms with E-state index in [1.165, 1.54) is 25.5 Å². The Kier molecular flexibility index (Phi) is 6.33. The molecular weight excluding hydrogens is 392 g/mol. The number of nitro benzene ring substituents is 1. The number of ether oxygens (including phenoxy) is 2. The number of anilines is 1. The van der Waals surface area contributed by atoms with Crippen molar-refractivity contribution in [1.82, 2.24) is 15.2 Å². The van der Waals surface area contributed by atoms with Gasteiger partial charge in [-0.15, -0.1) is 10.2 Å². The maximum Gasteiger partial charge on any atom is 0.274 e. The van der Waals surface area contributed by atoms with Gasteiger partial charge in [0.1, 0.15) is 5.69 Å². The average molecular weight is 410 g/mol. The summed E-state index contributed by atoms with van der Waals surface area (Å²) >= 11 is 0. The molecule has 3 aromatic rings. The molecule has 3 rings (SSSR count). The molecule has 0 unspecified atom stereocenters. The Labute approximate surface area is 170 Å². The summed E-state index contributed by atoms with van der Waals surface area (Å²) in [4.78, 5) is 25.0. The molecule has 30 heavy (non-hydrogen) atoms. The third kappa shape index (κ3) is 4.95. The van der Waals surface area contributed by atoms with Gasteiger partial charge in [0.2, 0.25) is 5.95 Å². The van der Waals surface area contributed by atoms with Gasteiger partial charge in [-0.25, -0.2) is 5.43 Å². The fraction of sp³-hybridized carbons (Fsp3) is 0.158. The number of aromatic amines is 1. The topological polar surface area (TPSA) is 145 Å². The highest BCUT2D eigenvalue weighted by Crippen LogP contribution is 2.28. The molecule has 11 heteroatoms. The molecule has 154 valence electrons. The lowest BCUT2D eigenvalue weighted by Crippen LogP contribution is -2.18. The molecule has 0 spiro atoms. The highest BCUT2D eigenvalue weighted by molar-refractivity contribution is 5.80. The lowest BCUT2D eigenvalue weighted by Gasteiger charge is -2.09. The van der Waals surface area contributed by atoms with Gasteiger partial charge in [-0.2, -0.15) is 5.10 Å². The van der Waals surface area contributed by atoms with Crippen molar-refractivity contribution < 1.29 is 14.4 Å². The molecule has 0 amide bonds. The standard InChI is InChI=1S/C19H18N6O5/c1-29-16-8-5-13(10-17(16)30-2)9-15-18(26)21-19(24-22-15)23-20-11-12-3-6-14(7-4-12)25(27)28/h3-8,10-11H,9H2,1-2H3,(H2,21,23,24,26). The van der Waals surface area contributed by atoms with Crippen LogP contribution in [0.5, 0.6) is 11.5 Å². The Morgan fingerprint density at radius 3 is 2.50 bits per heavy atom. The van der Waals surface area contributed by atoms with E-state index in [4.69, 9.17) is 9.47 Å². The van der Waals surface area contributed by atoms with Gasteiger partial charge < -0.3 is 9.47 Å². The van der Waals surface area contributed by atoms with Crippen molar-refractivity contribution in [3.05, 3.63) is 79.8 Å². The molecule has 0 fully saturated rings. The second-order valence-corrected chi connectivity index (χ2v) is 6.03. The van der Waals surface area contributed by atoms with E-state index >= 15 is 0 Å².